The third-order valence-corrected chi connectivity index (χ3v) is 4.85. The van der Waals surface area contributed by atoms with Crippen LogP contribution in [0, 0.1) is 6.92 Å². The minimum Gasteiger partial charge on any atom is -0.490 e. The summed E-state index contributed by atoms with van der Waals surface area (Å²) in [5.74, 6) is 1.08. The zero-order chi connectivity index (χ0) is 13.9. The summed E-state index contributed by atoms with van der Waals surface area (Å²) in [5.41, 5.74) is 4.02. The van der Waals surface area contributed by atoms with Crippen LogP contribution in [0.15, 0.2) is 48.5 Å². The van der Waals surface area contributed by atoms with Gasteiger partial charge in [-0.2, -0.15) is 0 Å². The summed E-state index contributed by atoms with van der Waals surface area (Å²) in [6, 6.07) is 17.1. The average Bonchev–Trinajstić information content (AvgIpc) is 2.87. The second kappa shape index (κ2) is 6.01. The SMILES string of the molecule is Cc1ccc2c(c1)CC(CCC(Br)c1ccccc1)O2. The van der Waals surface area contributed by atoms with Crippen LogP contribution in [0.25, 0.3) is 0 Å². The average molecular weight is 331 g/mol. The maximum absolute atomic E-state index is 6.03. The van der Waals surface area contributed by atoms with Gasteiger partial charge in [-0.1, -0.05) is 64.0 Å². The highest BCUT2D eigenvalue weighted by Crippen LogP contribution is 2.34. The molecule has 0 aromatic heterocycles. The maximum atomic E-state index is 6.03. The number of hydrogen-bond acceptors (Lipinski definition) is 1. The van der Waals surface area contributed by atoms with Gasteiger partial charge in [0.25, 0.3) is 0 Å². The molecule has 2 heteroatoms. The molecule has 0 N–H and O–H groups in total. The minimum atomic E-state index is 0.329. The molecule has 1 aliphatic heterocycles. The van der Waals surface area contributed by atoms with Crippen LogP contribution in [0.5, 0.6) is 5.75 Å². The van der Waals surface area contributed by atoms with Crippen molar-refractivity contribution in [1.82, 2.24) is 0 Å². The lowest BCUT2D eigenvalue weighted by molar-refractivity contribution is 0.218. The molecule has 0 spiro atoms. The molecule has 1 nitrogen and oxygen atoms in total. The Morgan fingerprint density at radius 3 is 2.80 bits per heavy atom. The molecule has 0 saturated heterocycles. The molecule has 1 aliphatic rings. The summed E-state index contributed by atoms with van der Waals surface area (Å²) in [6.45, 7) is 2.14. The lowest BCUT2D eigenvalue weighted by atomic mass is 10.0. The fraction of sp³-hybridized carbons (Fsp3) is 0.333. The smallest absolute Gasteiger partial charge is 0.123 e. The third-order valence-electron chi connectivity index (χ3n) is 3.86. The molecular formula is C18H19BrO. The van der Waals surface area contributed by atoms with Crippen LogP contribution in [0.1, 0.15) is 34.4 Å². The molecule has 2 unspecified atom stereocenters. The molecule has 2 aromatic carbocycles. The highest BCUT2D eigenvalue weighted by molar-refractivity contribution is 9.09. The Morgan fingerprint density at radius 1 is 1.20 bits per heavy atom. The lowest BCUT2D eigenvalue weighted by Gasteiger charge is -2.14. The van der Waals surface area contributed by atoms with E-state index >= 15 is 0 Å². The van der Waals surface area contributed by atoms with E-state index in [9.17, 15) is 0 Å². The number of fused-ring (bicyclic) bond motifs is 1. The topological polar surface area (TPSA) is 9.23 Å². The van der Waals surface area contributed by atoms with E-state index in [2.05, 4.69) is 71.4 Å². The molecule has 104 valence electrons. The molecule has 0 amide bonds. The van der Waals surface area contributed by atoms with Gasteiger partial charge in [0, 0.05) is 11.2 Å². The van der Waals surface area contributed by atoms with Crippen molar-refractivity contribution < 1.29 is 4.74 Å². The van der Waals surface area contributed by atoms with E-state index < -0.39 is 0 Å². The van der Waals surface area contributed by atoms with E-state index in [1.807, 2.05) is 0 Å². The first-order valence-corrected chi connectivity index (χ1v) is 8.09. The zero-order valence-electron chi connectivity index (χ0n) is 11.7. The van der Waals surface area contributed by atoms with Crippen LogP contribution in [0.2, 0.25) is 0 Å². The normalized spacial score (nSPS) is 18.4. The van der Waals surface area contributed by atoms with Crippen LogP contribution in [0.4, 0.5) is 0 Å². The highest BCUT2D eigenvalue weighted by atomic mass is 79.9. The molecule has 2 atom stereocenters. The molecule has 20 heavy (non-hydrogen) atoms. The molecule has 2 aromatic rings. The highest BCUT2D eigenvalue weighted by Gasteiger charge is 2.23. The van der Waals surface area contributed by atoms with Crippen LogP contribution in [-0.2, 0) is 6.42 Å². The van der Waals surface area contributed by atoms with Gasteiger partial charge in [-0.3, -0.25) is 0 Å². The zero-order valence-corrected chi connectivity index (χ0v) is 13.3. The fourth-order valence-electron chi connectivity index (χ4n) is 2.77. The number of rotatable bonds is 4. The summed E-state index contributed by atoms with van der Waals surface area (Å²) < 4.78 is 6.03. The van der Waals surface area contributed by atoms with E-state index in [1.165, 1.54) is 16.7 Å². The molecule has 3 rings (SSSR count). The summed E-state index contributed by atoms with van der Waals surface area (Å²) in [4.78, 5) is 0.415. The number of aryl methyl sites for hydroxylation is 1. The predicted molar refractivity (Wildman–Crippen MR) is 86.6 cm³/mol. The Morgan fingerprint density at radius 2 is 2.00 bits per heavy atom. The first-order chi connectivity index (χ1) is 9.72. The second-order valence-corrected chi connectivity index (χ2v) is 6.62. The number of benzene rings is 2. The van der Waals surface area contributed by atoms with Crippen molar-refractivity contribution in [2.75, 3.05) is 0 Å². The number of alkyl halides is 1. The van der Waals surface area contributed by atoms with E-state index in [-0.39, 0.29) is 0 Å². The van der Waals surface area contributed by atoms with Gasteiger partial charge in [0.1, 0.15) is 11.9 Å². The number of ether oxygens (including phenoxy) is 1. The third kappa shape index (κ3) is 3.06. The minimum absolute atomic E-state index is 0.329. The van der Waals surface area contributed by atoms with Gasteiger partial charge < -0.3 is 4.74 Å². The van der Waals surface area contributed by atoms with Gasteiger partial charge in [-0.15, -0.1) is 0 Å². The summed E-state index contributed by atoms with van der Waals surface area (Å²) in [7, 11) is 0. The van der Waals surface area contributed by atoms with E-state index in [0.29, 0.717) is 10.9 Å². The van der Waals surface area contributed by atoms with E-state index in [4.69, 9.17) is 4.74 Å². The van der Waals surface area contributed by atoms with Crippen molar-refractivity contribution >= 4 is 15.9 Å². The second-order valence-electron chi connectivity index (χ2n) is 5.51. The fourth-order valence-corrected chi connectivity index (χ4v) is 3.34. The maximum Gasteiger partial charge on any atom is 0.123 e. The van der Waals surface area contributed by atoms with Crippen LogP contribution >= 0.6 is 15.9 Å². The monoisotopic (exact) mass is 330 g/mol. The standard InChI is InChI=1S/C18H19BrO/c1-13-7-10-18-15(11-13)12-16(20-18)8-9-17(19)14-5-3-2-4-6-14/h2-7,10-11,16-17H,8-9,12H2,1H3. The quantitative estimate of drug-likeness (QED) is 0.699. The van der Waals surface area contributed by atoms with Crippen molar-refractivity contribution in [3.05, 3.63) is 65.2 Å². The summed E-state index contributed by atoms with van der Waals surface area (Å²) >= 11 is 3.78. The predicted octanol–water partition coefficient (Wildman–Crippen LogP) is 5.21. The van der Waals surface area contributed by atoms with Gasteiger partial charge in [-0.25, -0.2) is 0 Å². The van der Waals surface area contributed by atoms with Gasteiger partial charge in [0.15, 0.2) is 0 Å². The van der Waals surface area contributed by atoms with Crippen molar-refractivity contribution in [2.45, 2.75) is 37.1 Å². The van der Waals surface area contributed by atoms with Gasteiger partial charge in [-0.05, 0) is 37.0 Å². The molecule has 1 heterocycles. The summed E-state index contributed by atoms with van der Waals surface area (Å²) in [6.07, 6.45) is 3.56. The number of hydrogen-bond donors (Lipinski definition) is 0. The largest absolute Gasteiger partial charge is 0.490 e. The van der Waals surface area contributed by atoms with Gasteiger partial charge in [0.05, 0.1) is 0 Å². The van der Waals surface area contributed by atoms with Gasteiger partial charge in [0.2, 0.25) is 0 Å². The van der Waals surface area contributed by atoms with Crippen LogP contribution < -0.4 is 4.74 Å². The van der Waals surface area contributed by atoms with Crippen LogP contribution in [-0.4, -0.2) is 6.10 Å². The van der Waals surface area contributed by atoms with Gasteiger partial charge >= 0.3 is 0 Å². The molecule has 0 bridgehead atoms. The van der Waals surface area contributed by atoms with Crippen LogP contribution in [0.3, 0.4) is 0 Å². The van der Waals surface area contributed by atoms with Crippen molar-refractivity contribution in [3.8, 4) is 5.75 Å². The van der Waals surface area contributed by atoms with E-state index in [0.717, 1.165) is 25.0 Å². The van der Waals surface area contributed by atoms with Crippen molar-refractivity contribution in [3.63, 3.8) is 0 Å². The first kappa shape index (κ1) is 13.7. The Balaban J connectivity index is 1.56. The Bertz CT molecular complexity index is 579. The molecular weight excluding hydrogens is 312 g/mol. The Hall–Kier alpha value is -1.28. The number of halogens is 1. The van der Waals surface area contributed by atoms with Crippen molar-refractivity contribution in [1.29, 1.82) is 0 Å². The first-order valence-electron chi connectivity index (χ1n) is 7.17. The Kier molecular flexibility index (Phi) is 4.11. The lowest BCUT2D eigenvalue weighted by Crippen LogP contribution is -2.13. The van der Waals surface area contributed by atoms with E-state index in [1.54, 1.807) is 0 Å². The molecule has 0 saturated carbocycles. The van der Waals surface area contributed by atoms with Crippen molar-refractivity contribution in [2.24, 2.45) is 0 Å². The Labute approximate surface area is 129 Å². The summed E-state index contributed by atoms with van der Waals surface area (Å²) in [5, 5.41) is 0. The molecule has 0 fully saturated rings. The molecule has 0 radical (unpaired) electrons. The molecule has 0 aliphatic carbocycles.